The number of hydrogen-bond acceptors (Lipinski definition) is 7. The number of hydrogen-bond donors (Lipinski definition) is 1. The summed E-state index contributed by atoms with van der Waals surface area (Å²) in [5.74, 6) is 0.940. The molecule has 3 aromatic rings. The van der Waals surface area contributed by atoms with Gasteiger partial charge in [0.25, 0.3) is 10.0 Å². The maximum absolute atomic E-state index is 13.5. The van der Waals surface area contributed by atoms with Crippen molar-refractivity contribution < 1.29 is 32.2 Å². The smallest absolute Gasteiger partial charge is 0.264 e. The van der Waals surface area contributed by atoms with Crippen LogP contribution < -0.4 is 23.7 Å². The molecule has 10 heteroatoms. The van der Waals surface area contributed by atoms with Crippen molar-refractivity contribution in [2.75, 3.05) is 21.0 Å². The molecule has 1 heterocycles. The van der Waals surface area contributed by atoms with Crippen LogP contribution in [0.3, 0.4) is 0 Å². The van der Waals surface area contributed by atoms with Gasteiger partial charge >= 0.3 is 0 Å². The van der Waals surface area contributed by atoms with Crippen LogP contribution in [0.1, 0.15) is 42.4 Å². The van der Waals surface area contributed by atoms with Gasteiger partial charge in [0, 0.05) is 57.5 Å². The van der Waals surface area contributed by atoms with Crippen molar-refractivity contribution in [1.82, 2.24) is 4.72 Å². The molecule has 1 aliphatic heterocycles. The molecule has 191 valence electrons. The molecule has 0 bridgehead atoms. The van der Waals surface area contributed by atoms with Crippen LogP contribution in [0, 0.1) is 0 Å². The molecular weight excluding hydrogens is 521 g/mol. The van der Waals surface area contributed by atoms with E-state index in [0.717, 1.165) is 11.1 Å². The third-order valence-corrected chi connectivity index (χ3v) is 7.42. The number of benzene rings is 3. The molecule has 4 rings (SSSR count). The van der Waals surface area contributed by atoms with Gasteiger partial charge in [-0.2, -0.15) is 0 Å². The zero-order valence-electron chi connectivity index (χ0n) is 21.6. The molecule has 0 spiro atoms. The van der Waals surface area contributed by atoms with Crippen LogP contribution in [0.2, 0.25) is 0 Å². The maximum Gasteiger partial charge on any atom is 0.264 e. The first-order chi connectivity index (χ1) is 17.2. The Hall–Kier alpha value is -2.08. The van der Waals surface area contributed by atoms with Gasteiger partial charge in [-0.3, -0.25) is 4.79 Å². The minimum atomic E-state index is -4.09. The number of nitrogens with one attached hydrogen (secondary N) is 1. The largest absolute Gasteiger partial charge is 0.497 e. The second kappa shape index (κ2) is 12.6. The Balaban J connectivity index is 0.00000380. The molecule has 0 saturated carbocycles. The van der Waals surface area contributed by atoms with Crippen LogP contribution in [0.25, 0.3) is 0 Å². The Morgan fingerprint density at radius 2 is 1.49 bits per heavy atom. The number of carbonyl (C=O) groups excluding carboxylic acids is 1. The number of fused-ring (bicyclic) bond motifs is 1. The number of ether oxygens (including phenoxy) is 4. The van der Waals surface area contributed by atoms with Gasteiger partial charge in [0.1, 0.15) is 11.5 Å². The van der Waals surface area contributed by atoms with Gasteiger partial charge in [-0.25, -0.2) is 13.1 Å². The van der Waals surface area contributed by atoms with E-state index in [1.165, 1.54) is 26.4 Å². The van der Waals surface area contributed by atoms with Gasteiger partial charge in [0.15, 0.2) is 11.5 Å². The van der Waals surface area contributed by atoms with Crippen LogP contribution in [0.15, 0.2) is 65.6 Å². The fourth-order valence-electron chi connectivity index (χ4n) is 4.01. The predicted octanol–water partition coefficient (Wildman–Crippen LogP) is 4.01. The third kappa shape index (κ3) is 7.07. The molecule has 1 unspecified atom stereocenters. The Morgan fingerprint density at radius 3 is 2.08 bits per heavy atom. The Morgan fingerprint density at radius 1 is 0.892 bits per heavy atom. The molecule has 3 aromatic carbocycles. The van der Waals surface area contributed by atoms with E-state index < -0.39 is 21.8 Å². The van der Waals surface area contributed by atoms with E-state index in [1.807, 2.05) is 13.8 Å². The Kier molecular flexibility index (Phi) is 10.1. The third-order valence-electron chi connectivity index (χ3n) is 6.06. The summed E-state index contributed by atoms with van der Waals surface area (Å²) in [4.78, 5) is 13.5. The first kappa shape index (κ1) is 29.5. The van der Waals surface area contributed by atoms with E-state index in [1.54, 1.807) is 48.5 Å². The summed E-state index contributed by atoms with van der Waals surface area (Å²) in [6, 6.07) is 17.0. The van der Waals surface area contributed by atoms with Crippen molar-refractivity contribution in [3.05, 3.63) is 77.4 Å². The van der Waals surface area contributed by atoms with Gasteiger partial charge < -0.3 is 18.9 Å². The standard InChI is InChI=1S/C27H29NO7S.K/c1-17(2)19-5-8-23(9-6-19)36(30,31)28-27(29)24(20-7-10-25-26(14-20)35-16-34-25)13-18-11-21(32-3)15-22(12-18)33-4;/h5-12,14-15,17,24H,13,16H2,1-4H3,(H,28,29);. The second-order valence-electron chi connectivity index (χ2n) is 8.78. The van der Waals surface area contributed by atoms with Crippen molar-refractivity contribution in [2.45, 2.75) is 37.0 Å². The van der Waals surface area contributed by atoms with Gasteiger partial charge in [-0.1, -0.05) is 32.0 Å². The summed E-state index contributed by atoms with van der Waals surface area (Å²) in [7, 11) is -1.01. The molecule has 8 nitrogen and oxygen atoms in total. The van der Waals surface area contributed by atoms with Gasteiger partial charge in [0.2, 0.25) is 12.7 Å². The number of sulfonamides is 1. The van der Waals surface area contributed by atoms with Crippen molar-refractivity contribution >= 4 is 67.3 Å². The zero-order chi connectivity index (χ0) is 25.9. The van der Waals surface area contributed by atoms with Crippen molar-refractivity contribution in [2.24, 2.45) is 0 Å². The molecular formula is C27H29KNO7S. The first-order valence-electron chi connectivity index (χ1n) is 11.5. The van der Waals surface area contributed by atoms with E-state index in [-0.39, 0.29) is 75.4 Å². The zero-order valence-corrected chi connectivity index (χ0v) is 25.5. The SMILES string of the molecule is COc1cc(CC(C(=O)NS(=O)(=O)c2ccc(C(C)C)cc2)c2ccc3c(c2)OCO3)cc(OC)c1.[K]. The normalized spacial score (nSPS) is 13.0. The van der Waals surface area contributed by atoms with Crippen LogP contribution in [0.4, 0.5) is 0 Å². The molecule has 1 amide bonds. The fourth-order valence-corrected chi connectivity index (χ4v) is 5.03. The molecule has 1 N–H and O–H groups in total. The second-order valence-corrected chi connectivity index (χ2v) is 10.5. The topological polar surface area (TPSA) is 100 Å². The van der Waals surface area contributed by atoms with Gasteiger partial charge in [0.05, 0.1) is 25.0 Å². The first-order valence-corrected chi connectivity index (χ1v) is 13.0. The molecule has 1 aliphatic rings. The van der Waals surface area contributed by atoms with E-state index in [0.29, 0.717) is 28.6 Å². The van der Waals surface area contributed by atoms with Crippen molar-refractivity contribution in [1.29, 1.82) is 0 Å². The molecule has 37 heavy (non-hydrogen) atoms. The van der Waals surface area contributed by atoms with Gasteiger partial charge in [-0.05, 0) is 65.4 Å². The van der Waals surface area contributed by atoms with E-state index in [2.05, 4.69) is 4.72 Å². The minimum Gasteiger partial charge on any atom is -0.497 e. The number of amides is 1. The molecule has 1 radical (unpaired) electrons. The maximum atomic E-state index is 13.5. The predicted molar refractivity (Wildman–Crippen MR) is 140 cm³/mol. The minimum absolute atomic E-state index is 0. The Bertz CT molecular complexity index is 1340. The average molecular weight is 551 g/mol. The molecule has 0 fully saturated rings. The summed E-state index contributed by atoms with van der Waals surface area (Å²) in [6.45, 7) is 4.13. The fraction of sp³-hybridized carbons (Fsp3) is 0.296. The molecule has 0 aliphatic carbocycles. The van der Waals surface area contributed by atoms with E-state index >= 15 is 0 Å². The van der Waals surface area contributed by atoms with Crippen LogP contribution in [0.5, 0.6) is 23.0 Å². The summed E-state index contributed by atoms with van der Waals surface area (Å²) in [6.07, 6.45) is 0.195. The van der Waals surface area contributed by atoms with Crippen LogP contribution >= 0.6 is 0 Å². The molecule has 0 aromatic heterocycles. The number of carbonyl (C=O) groups is 1. The summed E-state index contributed by atoms with van der Waals surface area (Å²) >= 11 is 0. The van der Waals surface area contributed by atoms with E-state index in [4.69, 9.17) is 18.9 Å². The van der Waals surface area contributed by atoms with Crippen molar-refractivity contribution in [3.63, 3.8) is 0 Å². The van der Waals surface area contributed by atoms with Gasteiger partial charge in [-0.15, -0.1) is 0 Å². The molecule has 1 atom stereocenters. The number of rotatable bonds is 9. The van der Waals surface area contributed by atoms with E-state index in [9.17, 15) is 13.2 Å². The summed E-state index contributed by atoms with van der Waals surface area (Å²) < 4.78 is 50.0. The quantitative estimate of drug-likeness (QED) is 0.402. The summed E-state index contributed by atoms with van der Waals surface area (Å²) in [5.41, 5.74) is 2.33. The monoisotopic (exact) mass is 550 g/mol. The van der Waals surface area contributed by atoms with Crippen LogP contribution in [-0.4, -0.2) is 86.7 Å². The van der Waals surface area contributed by atoms with Crippen molar-refractivity contribution in [3.8, 4) is 23.0 Å². The Labute approximate surface area is 260 Å². The summed E-state index contributed by atoms with van der Waals surface area (Å²) in [5, 5.41) is 0. The molecule has 0 saturated heterocycles. The van der Waals surface area contributed by atoms with Crippen LogP contribution in [-0.2, 0) is 21.2 Å². The number of methoxy groups -OCH3 is 2. The average Bonchev–Trinajstić information content (AvgIpc) is 3.34.